The van der Waals surface area contributed by atoms with E-state index in [-0.39, 0.29) is 0 Å². The molecule has 2 rings (SSSR count). The second kappa shape index (κ2) is 7.81. The summed E-state index contributed by atoms with van der Waals surface area (Å²) in [4.78, 5) is 2.58. The van der Waals surface area contributed by atoms with E-state index in [0.717, 1.165) is 31.7 Å². The Bertz CT molecular complexity index is 447. The highest BCUT2D eigenvalue weighted by Crippen LogP contribution is 2.31. The van der Waals surface area contributed by atoms with Gasteiger partial charge in [0.15, 0.2) is 0 Å². The predicted octanol–water partition coefficient (Wildman–Crippen LogP) is 3.52. The zero-order valence-corrected chi connectivity index (χ0v) is 13.8. The van der Waals surface area contributed by atoms with E-state index in [4.69, 9.17) is 10.5 Å². The van der Waals surface area contributed by atoms with Gasteiger partial charge in [0.05, 0.1) is 6.61 Å². The molecule has 1 aliphatic heterocycles. The lowest BCUT2D eigenvalue weighted by Gasteiger charge is -2.36. The van der Waals surface area contributed by atoms with Crippen LogP contribution in [0.25, 0.3) is 0 Å². The third kappa shape index (κ3) is 3.78. The van der Waals surface area contributed by atoms with Crippen molar-refractivity contribution in [1.29, 1.82) is 0 Å². The van der Waals surface area contributed by atoms with Gasteiger partial charge in [0.25, 0.3) is 0 Å². The minimum absolute atomic E-state index is 0.317. The van der Waals surface area contributed by atoms with Crippen molar-refractivity contribution in [2.75, 3.05) is 19.7 Å². The number of hydrogen-bond donors (Lipinski definition) is 1. The second-order valence-electron chi connectivity index (χ2n) is 6.07. The van der Waals surface area contributed by atoms with Crippen LogP contribution in [0.5, 0.6) is 5.75 Å². The fourth-order valence-electron chi connectivity index (χ4n) is 3.14. The van der Waals surface area contributed by atoms with Crippen LogP contribution in [-0.2, 0) is 6.42 Å². The molecule has 0 saturated carbocycles. The number of rotatable bonds is 8. The molecule has 0 bridgehead atoms. The van der Waals surface area contributed by atoms with Crippen molar-refractivity contribution in [2.45, 2.75) is 58.5 Å². The molecule has 0 amide bonds. The van der Waals surface area contributed by atoms with E-state index in [1.165, 1.54) is 24.0 Å². The highest BCUT2D eigenvalue weighted by Gasteiger charge is 2.24. The minimum atomic E-state index is 0.317. The van der Waals surface area contributed by atoms with Crippen molar-refractivity contribution in [3.63, 3.8) is 0 Å². The fourth-order valence-corrected chi connectivity index (χ4v) is 3.14. The van der Waals surface area contributed by atoms with Gasteiger partial charge >= 0.3 is 0 Å². The summed E-state index contributed by atoms with van der Waals surface area (Å²) in [6.07, 6.45) is 4.64. The lowest BCUT2D eigenvalue weighted by molar-refractivity contribution is 0.141. The van der Waals surface area contributed by atoms with Crippen LogP contribution >= 0.6 is 0 Å². The van der Waals surface area contributed by atoms with Crippen LogP contribution < -0.4 is 10.5 Å². The summed E-state index contributed by atoms with van der Waals surface area (Å²) in [6.45, 7) is 9.44. The fraction of sp³-hybridized carbons (Fsp3) is 0.667. The first-order chi connectivity index (χ1) is 10.2. The summed E-state index contributed by atoms with van der Waals surface area (Å²) in [5.41, 5.74) is 8.83. The van der Waals surface area contributed by atoms with Crippen LogP contribution in [-0.4, -0.2) is 30.6 Å². The van der Waals surface area contributed by atoms with E-state index in [9.17, 15) is 0 Å². The molecule has 1 aliphatic rings. The maximum Gasteiger partial charge on any atom is 0.122 e. The molecule has 0 radical (unpaired) electrons. The van der Waals surface area contributed by atoms with Crippen LogP contribution in [0.1, 0.15) is 57.2 Å². The lowest BCUT2D eigenvalue weighted by atomic mass is 9.99. The minimum Gasteiger partial charge on any atom is -0.493 e. The third-order valence-electron chi connectivity index (χ3n) is 4.65. The van der Waals surface area contributed by atoms with Crippen molar-refractivity contribution in [1.82, 2.24) is 4.90 Å². The van der Waals surface area contributed by atoms with Crippen molar-refractivity contribution in [3.05, 3.63) is 29.3 Å². The molecule has 2 N–H and O–H groups in total. The molecule has 0 fully saturated rings. The van der Waals surface area contributed by atoms with Crippen molar-refractivity contribution in [2.24, 2.45) is 5.73 Å². The van der Waals surface area contributed by atoms with Gasteiger partial charge in [-0.3, -0.25) is 4.90 Å². The Morgan fingerprint density at radius 1 is 1.33 bits per heavy atom. The maximum atomic E-state index is 6.14. The van der Waals surface area contributed by atoms with Gasteiger partial charge in [0, 0.05) is 25.0 Å². The van der Waals surface area contributed by atoms with Gasteiger partial charge in [0.2, 0.25) is 0 Å². The third-order valence-corrected chi connectivity index (χ3v) is 4.65. The Morgan fingerprint density at radius 2 is 2.14 bits per heavy atom. The topological polar surface area (TPSA) is 38.5 Å². The van der Waals surface area contributed by atoms with Crippen LogP contribution in [0.15, 0.2) is 18.2 Å². The number of fused-ring (bicyclic) bond motifs is 1. The lowest BCUT2D eigenvalue weighted by Crippen LogP contribution is -2.40. The Labute approximate surface area is 129 Å². The first kappa shape index (κ1) is 16.3. The molecule has 2 atom stereocenters. The molecule has 0 aliphatic carbocycles. The van der Waals surface area contributed by atoms with Crippen LogP contribution in [0.4, 0.5) is 0 Å². The molecule has 0 spiro atoms. The molecule has 3 heteroatoms. The van der Waals surface area contributed by atoms with E-state index in [0.29, 0.717) is 18.6 Å². The Balaban J connectivity index is 2.22. The normalized spacial score (nSPS) is 16.6. The van der Waals surface area contributed by atoms with Gasteiger partial charge in [-0.25, -0.2) is 0 Å². The van der Waals surface area contributed by atoms with E-state index in [1.54, 1.807) is 0 Å². The molecule has 118 valence electrons. The summed E-state index contributed by atoms with van der Waals surface area (Å²) in [5, 5.41) is 0. The predicted molar refractivity (Wildman–Crippen MR) is 88.8 cm³/mol. The van der Waals surface area contributed by atoms with Crippen LogP contribution in [0, 0.1) is 0 Å². The second-order valence-corrected chi connectivity index (χ2v) is 6.07. The number of benzene rings is 1. The number of nitrogens with two attached hydrogens (primary N) is 1. The summed E-state index contributed by atoms with van der Waals surface area (Å²) in [6, 6.07) is 7.51. The largest absolute Gasteiger partial charge is 0.493 e. The summed E-state index contributed by atoms with van der Waals surface area (Å²) in [7, 11) is 0. The number of unbranched alkanes of at least 4 members (excludes halogenated alkanes) is 1. The quantitative estimate of drug-likeness (QED) is 0.796. The average molecular weight is 290 g/mol. The van der Waals surface area contributed by atoms with Crippen LogP contribution in [0.2, 0.25) is 0 Å². The van der Waals surface area contributed by atoms with E-state index in [2.05, 4.69) is 43.9 Å². The smallest absolute Gasteiger partial charge is 0.122 e. The highest BCUT2D eigenvalue weighted by molar-refractivity contribution is 5.41. The zero-order chi connectivity index (χ0) is 15.2. The number of ether oxygens (including phenoxy) is 1. The summed E-state index contributed by atoms with van der Waals surface area (Å²) < 4.78 is 5.62. The number of nitrogens with zero attached hydrogens (tertiary/aromatic N) is 1. The zero-order valence-electron chi connectivity index (χ0n) is 13.8. The Kier molecular flexibility index (Phi) is 6.07. The first-order valence-corrected chi connectivity index (χ1v) is 8.42. The Hall–Kier alpha value is -1.06. The Morgan fingerprint density at radius 3 is 2.81 bits per heavy atom. The van der Waals surface area contributed by atoms with E-state index in [1.807, 2.05) is 0 Å². The van der Waals surface area contributed by atoms with Gasteiger partial charge in [-0.05, 0) is 43.5 Å². The summed E-state index contributed by atoms with van der Waals surface area (Å²) >= 11 is 0. The molecule has 1 aromatic carbocycles. The molecule has 0 saturated heterocycles. The van der Waals surface area contributed by atoms with Crippen molar-refractivity contribution < 1.29 is 4.74 Å². The molecular formula is C18H30N2O. The standard InChI is InChI=1S/C18H30N2O/c1-4-6-10-20(14(3)5-2)17(13-19)15-7-8-18-16(12-15)9-11-21-18/h7-8,12,14,17H,4-6,9-11,13,19H2,1-3H3. The molecule has 2 unspecified atom stereocenters. The van der Waals surface area contributed by atoms with E-state index >= 15 is 0 Å². The molecule has 1 heterocycles. The first-order valence-electron chi connectivity index (χ1n) is 8.42. The maximum absolute atomic E-state index is 6.14. The number of hydrogen-bond acceptors (Lipinski definition) is 3. The van der Waals surface area contributed by atoms with Gasteiger partial charge < -0.3 is 10.5 Å². The highest BCUT2D eigenvalue weighted by atomic mass is 16.5. The SMILES string of the molecule is CCCCN(C(C)CC)C(CN)c1ccc2c(c1)CCO2. The molecular weight excluding hydrogens is 260 g/mol. The molecule has 21 heavy (non-hydrogen) atoms. The monoisotopic (exact) mass is 290 g/mol. The molecule has 3 nitrogen and oxygen atoms in total. The molecule has 1 aromatic rings. The average Bonchev–Trinajstić information content (AvgIpc) is 2.98. The summed E-state index contributed by atoms with van der Waals surface area (Å²) in [5.74, 6) is 1.05. The molecule has 0 aromatic heterocycles. The van der Waals surface area contributed by atoms with Gasteiger partial charge in [-0.15, -0.1) is 0 Å². The van der Waals surface area contributed by atoms with Crippen LogP contribution in [0.3, 0.4) is 0 Å². The van der Waals surface area contributed by atoms with Gasteiger partial charge in [0.1, 0.15) is 5.75 Å². The van der Waals surface area contributed by atoms with E-state index < -0.39 is 0 Å². The van der Waals surface area contributed by atoms with Crippen molar-refractivity contribution >= 4 is 0 Å². The van der Waals surface area contributed by atoms with Gasteiger partial charge in [-0.1, -0.05) is 32.4 Å². The van der Waals surface area contributed by atoms with Gasteiger partial charge in [-0.2, -0.15) is 0 Å². The van der Waals surface area contributed by atoms with Crippen molar-refractivity contribution in [3.8, 4) is 5.75 Å².